The third-order valence-electron chi connectivity index (χ3n) is 2.19. The Morgan fingerprint density at radius 3 is 2.38 bits per heavy atom. The van der Waals surface area contributed by atoms with Crippen LogP contribution in [0.25, 0.3) is 10.8 Å². The van der Waals surface area contributed by atoms with Crippen LogP contribution in [0.5, 0.6) is 0 Å². The number of alkyl halides is 1. The second-order valence-electron chi connectivity index (χ2n) is 2.99. The number of nitrogen functional groups attached to an aromatic ring is 1. The van der Waals surface area contributed by atoms with Crippen LogP contribution in [-0.4, -0.2) is 0 Å². The Labute approximate surface area is 85.7 Å². The number of benzene rings is 2. The molecule has 1 nitrogen and oxygen atoms in total. The third kappa shape index (κ3) is 1.42. The fourth-order valence-corrected chi connectivity index (χ4v) is 1.99. The van der Waals surface area contributed by atoms with E-state index in [2.05, 4.69) is 34.1 Å². The van der Waals surface area contributed by atoms with E-state index in [1.54, 1.807) is 0 Å². The molecule has 0 atom stereocenters. The molecule has 0 fully saturated rings. The van der Waals surface area contributed by atoms with E-state index in [-0.39, 0.29) is 0 Å². The molecular formula is C11H10BrN. The lowest BCUT2D eigenvalue weighted by Gasteiger charge is -2.05. The quantitative estimate of drug-likeness (QED) is 0.596. The van der Waals surface area contributed by atoms with Crippen LogP contribution in [-0.2, 0) is 5.33 Å². The summed E-state index contributed by atoms with van der Waals surface area (Å²) in [6.45, 7) is 0. The first-order valence-electron chi connectivity index (χ1n) is 4.15. The highest BCUT2D eigenvalue weighted by Gasteiger charge is 2.01. The minimum atomic E-state index is 0.848. The van der Waals surface area contributed by atoms with Gasteiger partial charge in [-0.05, 0) is 17.0 Å². The van der Waals surface area contributed by atoms with Gasteiger partial charge < -0.3 is 5.73 Å². The van der Waals surface area contributed by atoms with Crippen LogP contribution < -0.4 is 5.73 Å². The normalized spacial score (nSPS) is 10.5. The number of hydrogen-bond donors (Lipinski definition) is 1. The summed E-state index contributed by atoms with van der Waals surface area (Å²) in [5.41, 5.74) is 7.99. The standard InChI is InChI=1S/C11H10BrN/c12-7-8-5-6-11(13)10-4-2-1-3-9(8)10/h1-6H,7,13H2. The summed E-state index contributed by atoms with van der Waals surface area (Å²) < 4.78 is 0. The fourth-order valence-electron chi connectivity index (χ4n) is 1.50. The van der Waals surface area contributed by atoms with Gasteiger partial charge in [0.1, 0.15) is 0 Å². The van der Waals surface area contributed by atoms with Crippen molar-refractivity contribution in [2.45, 2.75) is 5.33 Å². The van der Waals surface area contributed by atoms with Crippen LogP contribution in [0.1, 0.15) is 5.56 Å². The molecule has 0 unspecified atom stereocenters. The van der Waals surface area contributed by atoms with E-state index in [1.165, 1.54) is 10.9 Å². The smallest absolute Gasteiger partial charge is 0.0393 e. The molecule has 0 spiro atoms. The highest BCUT2D eigenvalue weighted by Crippen LogP contribution is 2.25. The summed E-state index contributed by atoms with van der Waals surface area (Å²) in [6, 6.07) is 12.2. The van der Waals surface area contributed by atoms with Crippen LogP contribution in [0.15, 0.2) is 36.4 Å². The highest BCUT2D eigenvalue weighted by atomic mass is 79.9. The zero-order chi connectivity index (χ0) is 9.26. The maximum Gasteiger partial charge on any atom is 0.0393 e. The SMILES string of the molecule is Nc1ccc(CBr)c2ccccc12. The molecule has 0 aliphatic heterocycles. The van der Waals surface area contributed by atoms with Crippen molar-refractivity contribution in [3.8, 4) is 0 Å². The number of rotatable bonds is 1. The first-order valence-corrected chi connectivity index (χ1v) is 5.27. The predicted molar refractivity (Wildman–Crippen MR) is 61.0 cm³/mol. The van der Waals surface area contributed by atoms with Crippen LogP contribution >= 0.6 is 15.9 Å². The van der Waals surface area contributed by atoms with Crippen molar-refractivity contribution in [2.75, 3.05) is 5.73 Å². The van der Waals surface area contributed by atoms with E-state index < -0.39 is 0 Å². The van der Waals surface area contributed by atoms with Crippen LogP contribution in [0.2, 0.25) is 0 Å². The zero-order valence-electron chi connectivity index (χ0n) is 7.13. The molecular weight excluding hydrogens is 226 g/mol. The van der Waals surface area contributed by atoms with Gasteiger partial charge in [-0.25, -0.2) is 0 Å². The molecule has 2 rings (SSSR count). The lowest BCUT2D eigenvalue weighted by Crippen LogP contribution is -1.89. The van der Waals surface area contributed by atoms with E-state index in [0.29, 0.717) is 0 Å². The van der Waals surface area contributed by atoms with Gasteiger partial charge in [0.05, 0.1) is 0 Å². The molecule has 2 N–H and O–H groups in total. The Balaban J connectivity index is 2.84. The van der Waals surface area contributed by atoms with E-state index in [1.807, 2.05) is 18.2 Å². The van der Waals surface area contributed by atoms with Gasteiger partial charge in [0.25, 0.3) is 0 Å². The molecule has 2 aromatic carbocycles. The Kier molecular flexibility index (Phi) is 2.23. The molecule has 66 valence electrons. The minimum absolute atomic E-state index is 0.848. The van der Waals surface area contributed by atoms with Crippen molar-refractivity contribution >= 4 is 32.4 Å². The summed E-state index contributed by atoms with van der Waals surface area (Å²) in [4.78, 5) is 0. The van der Waals surface area contributed by atoms with Gasteiger partial charge in [-0.3, -0.25) is 0 Å². The number of fused-ring (bicyclic) bond motifs is 1. The van der Waals surface area contributed by atoms with E-state index >= 15 is 0 Å². The summed E-state index contributed by atoms with van der Waals surface area (Å²) in [5, 5.41) is 3.24. The second-order valence-corrected chi connectivity index (χ2v) is 3.55. The van der Waals surface area contributed by atoms with Crippen molar-refractivity contribution in [1.82, 2.24) is 0 Å². The summed E-state index contributed by atoms with van der Waals surface area (Å²) in [5.74, 6) is 0. The summed E-state index contributed by atoms with van der Waals surface area (Å²) in [6.07, 6.45) is 0. The average Bonchev–Trinajstić information content (AvgIpc) is 2.19. The Hall–Kier alpha value is -1.02. The third-order valence-corrected chi connectivity index (χ3v) is 2.80. The average molecular weight is 236 g/mol. The molecule has 0 amide bonds. The summed E-state index contributed by atoms with van der Waals surface area (Å²) in [7, 11) is 0. The topological polar surface area (TPSA) is 26.0 Å². The fraction of sp³-hybridized carbons (Fsp3) is 0.0909. The lowest BCUT2D eigenvalue weighted by molar-refractivity contribution is 1.49. The molecule has 2 heteroatoms. The van der Waals surface area contributed by atoms with Crippen molar-refractivity contribution in [3.05, 3.63) is 42.0 Å². The van der Waals surface area contributed by atoms with Crippen LogP contribution in [0.3, 0.4) is 0 Å². The molecule has 13 heavy (non-hydrogen) atoms. The van der Waals surface area contributed by atoms with Gasteiger partial charge >= 0.3 is 0 Å². The number of halogens is 1. The molecule has 0 aliphatic carbocycles. The maximum absolute atomic E-state index is 5.86. The Morgan fingerprint density at radius 1 is 1.00 bits per heavy atom. The van der Waals surface area contributed by atoms with Gasteiger partial charge in [-0.15, -0.1) is 0 Å². The van der Waals surface area contributed by atoms with E-state index in [4.69, 9.17) is 5.73 Å². The van der Waals surface area contributed by atoms with Crippen LogP contribution in [0.4, 0.5) is 5.69 Å². The Bertz CT molecular complexity index is 437. The molecule has 0 bridgehead atoms. The van der Waals surface area contributed by atoms with Gasteiger partial charge in [-0.2, -0.15) is 0 Å². The van der Waals surface area contributed by atoms with E-state index in [9.17, 15) is 0 Å². The molecule has 0 aromatic heterocycles. The Morgan fingerprint density at radius 2 is 1.69 bits per heavy atom. The molecule has 2 aromatic rings. The molecule has 0 saturated carbocycles. The molecule has 0 radical (unpaired) electrons. The zero-order valence-corrected chi connectivity index (χ0v) is 8.71. The summed E-state index contributed by atoms with van der Waals surface area (Å²) >= 11 is 3.46. The molecule has 0 aliphatic rings. The van der Waals surface area contributed by atoms with E-state index in [0.717, 1.165) is 16.4 Å². The predicted octanol–water partition coefficient (Wildman–Crippen LogP) is 3.32. The number of hydrogen-bond acceptors (Lipinski definition) is 1. The largest absolute Gasteiger partial charge is 0.398 e. The minimum Gasteiger partial charge on any atom is -0.398 e. The van der Waals surface area contributed by atoms with Gasteiger partial charge in [0, 0.05) is 16.4 Å². The first-order chi connectivity index (χ1) is 6.33. The van der Waals surface area contributed by atoms with Gasteiger partial charge in [0.2, 0.25) is 0 Å². The van der Waals surface area contributed by atoms with Gasteiger partial charge in [0.15, 0.2) is 0 Å². The van der Waals surface area contributed by atoms with Crippen molar-refractivity contribution in [3.63, 3.8) is 0 Å². The van der Waals surface area contributed by atoms with Crippen molar-refractivity contribution in [2.24, 2.45) is 0 Å². The van der Waals surface area contributed by atoms with Crippen molar-refractivity contribution in [1.29, 1.82) is 0 Å². The molecule has 0 saturated heterocycles. The first kappa shape index (κ1) is 8.57. The highest BCUT2D eigenvalue weighted by molar-refractivity contribution is 9.08. The number of nitrogens with two attached hydrogens (primary N) is 1. The van der Waals surface area contributed by atoms with Crippen LogP contribution in [0, 0.1) is 0 Å². The second kappa shape index (κ2) is 3.38. The van der Waals surface area contributed by atoms with Gasteiger partial charge in [-0.1, -0.05) is 46.3 Å². The maximum atomic E-state index is 5.86. The molecule has 0 heterocycles. The monoisotopic (exact) mass is 235 g/mol. The lowest BCUT2D eigenvalue weighted by atomic mass is 10.0. The van der Waals surface area contributed by atoms with Crippen molar-refractivity contribution < 1.29 is 0 Å². The number of anilines is 1.